The molecule has 1 fully saturated rings. The highest BCUT2D eigenvalue weighted by molar-refractivity contribution is 8.00. The van der Waals surface area contributed by atoms with Crippen LogP contribution in [0, 0.1) is 10.1 Å². The molecule has 0 bridgehead atoms. The van der Waals surface area contributed by atoms with Gasteiger partial charge in [-0.05, 0) is 6.92 Å². The molecule has 2 N–H and O–H groups in total. The highest BCUT2D eigenvalue weighted by Crippen LogP contribution is 2.40. The molecule has 1 aromatic heterocycles. The molecule has 0 aromatic carbocycles. The van der Waals surface area contributed by atoms with Gasteiger partial charge in [-0.15, -0.1) is 16.9 Å². The molecule has 0 spiro atoms. The van der Waals surface area contributed by atoms with Gasteiger partial charge >= 0.3 is 23.5 Å². The normalized spacial score (nSPS) is 20.7. The highest BCUT2D eigenvalue weighted by atomic mass is 32.2. The Labute approximate surface area is 184 Å². The van der Waals surface area contributed by atoms with Gasteiger partial charge < -0.3 is 19.9 Å². The smallest absolute Gasteiger partial charge is 0.352 e. The molecule has 1 saturated heterocycles. The molecule has 2 aliphatic rings. The molecule has 172 valence electrons. The fourth-order valence-electron chi connectivity index (χ4n) is 3.21. The van der Waals surface area contributed by atoms with E-state index in [1.165, 1.54) is 32.7 Å². The average molecular weight is 469 g/mol. The minimum Gasteiger partial charge on any atom is -0.477 e. The van der Waals surface area contributed by atoms with E-state index in [-0.39, 0.29) is 29.5 Å². The minimum atomic E-state index is -1.35. The molecule has 3 atom stereocenters. The number of hydrogen-bond donors (Lipinski definition) is 2. The molecule has 0 aliphatic carbocycles. The summed E-state index contributed by atoms with van der Waals surface area (Å²) >= 11 is 1.22. The van der Waals surface area contributed by atoms with Gasteiger partial charge in [0.25, 0.3) is 5.91 Å². The first kappa shape index (κ1) is 23.1. The van der Waals surface area contributed by atoms with Crippen molar-refractivity contribution in [3.63, 3.8) is 0 Å². The lowest BCUT2D eigenvalue weighted by molar-refractivity contribution is -0.385. The Balaban J connectivity index is 1.73. The molecule has 15 heteroatoms. The number of hydrogen-bond acceptors (Lipinski definition) is 10. The quantitative estimate of drug-likeness (QED) is 0.220. The van der Waals surface area contributed by atoms with Crippen molar-refractivity contribution in [1.29, 1.82) is 0 Å². The first-order valence-corrected chi connectivity index (χ1v) is 10.2. The third kappa shape index (κ3) is 4.10. The molecule has 0 saturated carbocycles. The summed E-state index contributed by atoms with van der Waals surface area (Å²) in [6.45, 7) is 2.36. The number of nitrogens with one attached hydrogen (secondary N) is 1. The van der Waals surface area contributed by atoms with E-state index in [4.69, 9.17) is 9.47 Å². The van der Waals surface area contributed by atoms with E-state index < -0.39 is 51.8 Å². The molecule has 14 nitrogen and oxygen atoms in total. The van der Waals surface area contributed by atoms with Crippen molar-refractivity contribution in [3.8, 4) is 5.88 Å². The fraction of sp³-hybridized carbons (Fsp3) is 0.471. The average Bonchev–Trinajstić information content (AvgIpc) is 3.19. The molecule has 3 heterocycles. The topological polar surface area (TPSA) is 183 Å². The molecular weight excluding hydrogens is 450 g/mol. The van der Waals surface area contributed by atoms with E-state index >= 15 is 0 Å². The number of rotatable bonds is 8. The number of amides is 2. The molecular formula is C17H19N5O9S. The van der Waals surface area contributed by atoms with Crippen LogP contribution >= 0.6 is 11.8 Å². The largest absolute Gasteiger partial charge is 0.477 e. The third-order valence-corrected chi connectivity index (χ3v) is 6.18. The van der Waals surface area contributed by atoms with Crippen molar-refractivity contribution in [2.45, 2.75) is 31.3 Å². The van der Waals surface area contributed by atoms with Gasteiger partial charge in [0.1, 0.15) is 36.0 Å². The second-order valence-corrected chi connectivity index (χ2v) is 7.98. The first-order chi connectivity index (χ1) is 15.1. The SMILES string of the molecule is COc1nn([C@H](C)C(=O)N[C@H]2C(=O)N3C(C(=O)O)=C(COC(C)=O)CS[C@@H]23)cc1[N+](=O)[O-]. The van der Waals surface area contributed by atoms with E-state index in [2.05, 4.69) is 10.4 Å². The van der Waals surface area contributed by atoms with Crippen LogP contribution in [0.4, 0.5) is 5.69 Å². The number of fused-ring (bicyclic) bond motifs is 1. The van der Waals surface area contributed by atoms with Crippen molar-refractivity contribution in [3.05, 3.63) is 27.6 Å². The molecule has 2 amide bonds. The summed E-state index contributed by atoms with van der Waals surface area (Å²) in [5.41, 5.74) is -0.417. The molecule has 2 aliphatic heterocycles. The summed E-state index contributed by atoms with van der Waals surface area (Å²) in [6.07, 6.45) is 1.04. The van der Waals surface area contributed by atoms with Crippen LogP contribution in [0.25, 0.3) is 0 Å². The molecule has 1 aromatic rings. The van der Waals surface area contributed by atoms with Crippen LogP contribution < -0.4 is 10.1 Å². The Morgan fingerprint density at radius 2 is 2.16 bits per heavy atom. The lowest BCUT2D eigenvalue weighted by atomic mass is 10.0. The maximum absolute atomic E-state index is 12.7. The van der Waals surface area contributed by atoms with Crippen molar-refractivity contribution < 1.29 is 38.7 Å². The Morgan fingerprint density at radius 1 is 1.47 bits per heavy atom. The van der Waals surface area contributed by atoms with Crippen LogP contribution in [0.3, 0.4) is 0 Å². The van der Waals surface area contributed by atoms with Crippen LogP contribution in [0.15, 0.2) is 17.5 Å². The van der Waals surface area contributed by atoms with Crippen molar-refractivity contribution in [2.75, 3.05) is 19.5 Å². The summed E-state index contributed by atoms with van der Waals surface area (Å²) < 4.78 is 10.7. The number of methoxy groups -OCH3 is 1. The van der Waals surface area contributed by atoms with E-state index in [0.717, 1.165) is 15.8 Å². The maximum atomic E-state index is 12.7. The van der Waals surface area contributed by atoms with Gasteiger partial charge in [0.2, 0.25) is 5.91 Å². The number of ether oxygens (including phenoxy) is 2. The summed E-state index contributed by atoms with van der Waals surface area (Å²) in [5.74, 6) is -3.29. The van der Waals surface area contributed by atoms with E-state index in [1.807, 2.05) is 0 Å². The summed E-state index contributed by atoms with van der Waals surface area (Å²) in [5, 5.41) is 26.4. The van der Waals surface area contributed by atoms with Crippen LogP contribution in [0.5, 0.6) is 5.88 Å². The molecule has 0 unspecified atom stereocenters. The van der Waals surface area contributed by atoms with Gasteiger partial charge in [0.05, 0.1) is 12.0 Å². The number of β-lactam (4-membered cyclic amide) rings is 1. The number of carboxylic acid groups (broad SMARTS) is 1. The number of aliphatic carboxylic acids is 1. The standard InChI is InChI=1S/C17H19N5O9S/c1-7(20-4-10(22(28)29)14(19-20)30-3)13(24)18-11-15(25)21-12(17(26)27)9(5-31-8(2)23)6-32-16(11)21/h4,7,11,16H,5-6H2,1-3H3,(H,18,24)(H,26,27)/t7-,11+,16+/m1/s1. The zero-order chi connectivity index (χ0) is 23.7. The lowest BCUT2D eigenvalue weighted by Gasteiger charge is -2.49. The van der Waals surface area contributed by atoms with Crippen molar-refractivity contribution in [2.24, 2.45) is 0 Å². The van der Waals surface area contributed by atoms with Gasteiger partial charge in [-0.3, -0.25) is 29.4 Å². The van der Waals surface area contributed by atoms with Gasteiger partial charge in [0.15, 0.2) is 0 Å². The second-order valence-electron chi connectivity index (χ2n) is 6.87. The Morgan fingerprint density at radius 3 is 2.69 bits per heavy atom. The Bertz CT molecular complexity index is 1040. The first-order valence-electron chi connectivity index (χ1n) is 9.18. The highest BCUT2D eigenvalue weighted by Gasteiger charge is 2.54. The van der Waals surface area contributed by atoms with Crippen molar-refractivity contribution in [1.82, 2.24) is 20.0 Å². The molecule has 3 rings (SSSR count). The Kier molecular flexibility index (Phi) is 6.38. The van der Waals surface area contributed by atoms with Gasteiger partial charge in [-0.1, -0.05) is 0 Å². The van der Waals surface area contributed by atoms with Gasteiger partial charge in [-0.2, -0.15) is 0 Å². The third-order valence-electron chi connectivity index (χ3n) is 4.84. The van der Waals surface area contributed by atoms with Gasteiger partial charge in [0, 0.05) is 18.2 Å². The number of esters is 1. The summed E-state index contributed by atoms with van der Waals surface area (Å²) in [4.78, 5) is 59.5. The van der Waals surface area contributed by atoms with Crippen LogP contribution in [-0.2, 0) is 23.9 Å². The number of carbonyl (C=O) groups excluding carboxylic acids is 3. The summed E-state index contributed by atoms with van der Waals surface area (Å²) in [6, 6.07) is -2.01. The summed E-state index contributed by atoms with van der Waals surface area (Å²) in [7, 11) is 1.20. The number of aromatic nitrogens is 2. The minimum absolute atomic E-state index is 0.188. The van der Waals surface area contributed by atoms with Crippen LogP contribution in [-0.4, -0.2) is 79.3 Å². The number of carbonyl (C=O) groups is 4. The molecule has 0 radical (unpaired) electrons. The predicted octanol–water partition coefficient (Wildman–Crippen LogP) is -0.337. The van der Waals surface area contributed by atoms with E-state index in [9.17, 15) is 34.4 Å². The van der Waals surface area contributed by atoms with E-state index in [1.54, 1.807) is 0 Å². The second kappa shape index (κ2) is 8.86. The van der Waals surface area contributed by atoms with E-state index in [0.29, 0.717) is 0 Å². The zero-order valence-electron chi connectivity index (χ0n) is 17.1. The van der Waals surface area contributed by atoms with Crippen molar-refractivity contribution >= 4 is 41.2 Å². The van der Waals surface area contributed by atoms with Crippen LogP contribution in [0.1, 0.15) is 19.9 Å². The van der Waals surface area contributed by atoms with Gasteiger partial charge in [-0.25, -0.2) is 9.48 Å². The molecule has 32 heavy (non-hydrogen) atoms. The predicted molar refractivity (Wildman–Crippen MR) is 106 cm³/mol. The van der Waals surface area contributed by atoms with Crippen LogP contribution in [0.2, 0.25) is 0 Å². The number of thioether (sulfide) groups is 1. The monoisotopic (exact) mass is 469 g/mol. The maximum Gasteiger partial charge on any atom is 0.352 e. The number of nitrogens with zero attached hydrogens (tertiary/aromatic N) is 4. The fourth-order valence-corrected chi connectivity index (χ4v) is 4.54. The zero-order valence-corrected chi connectivity index (χ0v) is 18.0. The number of nitro groups is 1. The Hall–Kier alpha value is -3.62. The number of carboxylic acids is 1. The lowest BCUT2D eigenvalue weighted by Crippen LogP contribution is -2.71.